The van der Waals surface area contributed by atoms with Crippen LogP contribution in [0.4, 0.5) is 0 Å². The van der Waals surface area contributed by atoms with Gasteiger partial charge in [0.25, 0.3) is 0 Å². The van der Waals surface area contributed by atoms with Crippen LogP contribution in [0.25, 0.3) is 0 Å². The van der Waals surface area contributed by atoms with E-state index < -0.39 is 30.5 Å². The largest absolute Gasteiger partial charge is 0.391 e. The standard InChI is InChI=1S/C7H17NO5/c1-3(9)5(11)7(13)6(12)4(10)2-8/h3-7,9-13H,2,8H2,1H3. The topological polar surface area (TPSA) is 127 Å². The molecule has 6 nitrogen and oxygen atoms in total. The molecule has 0 radical (unpaired) electrons. The van der Waals surface area contributed by atoms with E-state index in [9.17, 15) is 5.11 Å². The first-order chi connectivity index (χ1) is 5.91. The van der Waals surface area contributed by atoms with E-state index in [2.05, 4.69) is 0 Å². The smallest absolute Gasteiger partial charge is 0.111 e. The second kappa shape index (κ2) is 5.48. The highest BCUT2D eigenvalue weighted by Gasteiger charge is 2.31. The van der Waals surface area contributed by atoms with E-state index in [1.165, 1.54) is 6.92 Å². The minimum atomic E-state index is -1.61. The number of hydrogen-bond donors (Lipinski definition) is 6. The Labute approximate surface area is 76.2 Å². The third-order valence-electron chi connectivity index (χ3n) is 1.83. The molecule has 80 valence electrons. The molecule has 0 amide bonds. The summed E-state index contributed by atoms with van der Waals surface area (Å²) in [5.74, 6) is 0. The monoisotopic (exact) mass is 195 g/mol. The molecule has 0 spiro atoms. The van der Waals surface area contributed by atoms with Crippen molar-refractivity contribution in [3.05, 3.63) is 0 Å². The molecule has 6 heteroatoms. The zero-order valence-electron chi connectivity index (χ0n) is 7.41. The Morgan fingerprint density at radius 2 is 1.38 bits per heavy atom. The van der Waals surface area contributed by atoms with Crippen molar-refractivity contribution in [3.63, 3.8) is 0 Å². The second-order valence-corrected chi connectivity index (χ2v) is 3.02. The lowest BCUT2D eigenvalue weighted by molar-refractivity contribution is -0.128. The average molecular weight is 195 g/mol. The lowest BCUT2D eigenvalue weighted by Gasteiger charge is -2.27. The summed E-state index contributed by atoms with van der Waals surface area (Å²) >= 11 is 0. The van der Waals surface area contributed by atoms with Gasteiger partial charge in [0.1, 0.15) is 18.3 Å². The molecule has 0 rings (SSSR count). The number of nitrogens with two attached hydrogens (primary N) is 1. The summed E-state index contributed by atoms with van der Waals surface area (Å²) in [6, 6.07) is 0. The van der Waals surface area contributed by atoms with Crippen LogP contribution in [-0.2, 0) is 0 Å². The molecular weight excluding hydrogens is 178 g/mol. The van der Waals surface area contributed by atoms with Crippen LogP contribution in [0.2, 0.25) is 0 Å². The Morgan fingerprint density at radius 3 is 1.69 bits per heavy atom. The molecule has 13 heavy (non-hydrogen) atoms. The lowest BCUT2D eigenvalue weighted by atomic mass is 10.00. The molecule has 0 aromatic heterocycles. The van der Waals surface area contributed by atoms with E-state index in [1.807, 2.05) is 0 Å². The highest BCUT2D eigenvalue weighted by atomic mass is 16.4. The molecule has 0 aromatic rings. The van der Waals surface area contributed by atoms with Crippen molar-refractivity contribution in [1.29, 1.82) is 0 Å². The third-order valence-corrected chi connectivity index (χ3v) is 1.83. The van der Waals surface area contributed by atoms with Crippen LogP contribution in [0.1, 0.15) is 6.92 Å². The van der Waals surface area contributed by atoms with E-state index in [1.54, 1.807) is 0 Å². The molecule has 0 aromatic carbocycles. The molecule has 0 aliphatic carbocycles. The minimum Gasteiger partial charge on any atom is -0.391 e. The van der Waals surface area contributed by atoms with Gasteiger partial charge in [0, 0.05) is 6.54 Å². The summed E-state index contributed by atoms with van der Waals surface area (Å²) in [5.41, 5.74) is 5.02. The quantitative estimate of drug-likeness (QED) is 0.274. The summed E-state index contributed by atoms with van der Waals surface area (Å²) < 4.78 is 0. The van der Waals surface area contributed by atoms with Gasteiger partial charge in [-0.05, 0) is 6.92 Å². The molecule has 0 heterocycles. The van der Waals surface area contributed by atoms with E-state index in [-0.39, 0.29) is 6.54 Å². The first-order valence-electron chi connectivity index (χ1n) is 4.02. The van der Waals surface area contributed by atoms with Crippen LogP contribution in [0.3, 0.4) is 0 Å². The number of aliphatic hydroxyl groups is 5. The van der Waals surface area contributed by atoms with E-state index >= 15 is 0 Å². The zero-order valence-corrected chi connectivity index (χ0v) is 7.41. The van der Waals surface area contributed by atoms with E-state index in [4.69, 9.17) is 26.2 Å². The molecule has 0 aliphatic rings. The lowest BCUT2D eigenvalue weighted by Crippen LogP contribution is -2.50. The van der Waals surface area contributed by atoms with Gasteiger partial charge in [0.15, 0.2) is 0 Å². The van der Waals surface area contributed by atoms with Gasteiger partial charge in [-0.3, -0.25) is 0 Å². The van der Waals surface area contributed by atoms with Gasteiger partial charge in [-0.25, -0.2) is 0 Å². The Balaban J connectivity index is 4.15. The zero-order chi connectivity index (χ0) is 10.6. The minimum absolute atomic E-state index is 0.231. The Kier molecular flexibility index (Phi) is 5.38. The SMILES string of the molecule is CC(O)C(O)C(O)C(O)C(O)CN. The molecule has 5 unspecified atom stereocenters. The molecular formula is C7H17NO5. The van der Waals surface area contributed by atoms with Crippen LogP contribution in [0.5, 0.6) is 0 Å². The van der Waals surface area contributed by atoms with Crippen LogP contribution in [-0.4, -0.2) is 62.6 Å². The van der Waals surface area contributed by atoms with Crippen molar-refractivity contribution in [2.45, 2.75) is 37.4 Å². The molecule has 0 saturated carbocycles. The first-order valence-corrected chi connectivity index (χ1v) is 4.02. The van der Waals surface area contributed by atoms with Crippen molar-refractivity contribution >= 4 is 0 Å². The second-order valence-electron chi connectivity index (χ2n) is 3.02. The van der Waals surface area contributed by atoms with Crippen LogP contribution >= 0.6 is 0 Å². The maximum absolute atomic E-state index is 9.18. The van der Waals surface area contributed by atoms with Crippen molar-refractivity contribution in [2.24, 2.45) is 5.73 Å². The van der Waals surface area contributed by atoms with Crippen molar-refractivity contribution in [2.75, 3.05) is 6.54 Å². The van der Waals surface area contributed by atoms with Crippen LogP contribution in [0.15, 0.2) is 0 Å². The van der Waals surface area contributed by atoms with Crippen LogP contribution < -0.4 is 5.73 Å². The van der Waals surface area contributed by atoms with E-state index in [0.29, 0.717) is 0 Å². The average Bonchev–Trinajstić information content (AvgIpc) is 2.12. The summed E-state index contributed by atoms with van der Waals surface area (Å²) in [6.07, 6.45) is -7.18. The number of aliphatic hydroxyl groups excluding tert-OH is 5. The Hall–Kier alpha value is -0.240. The van der Waals surface area contributed by atoms with Gasteiger partial charge in [-0.1, -0.05) is 0 Å². The maximum Gasteiger partial charge on any atom is 0.111 e. The Bertz CT molecular complexity index is 143. The van der Waals surface area contributed by atoms with Crippen molar-refractivity contribution in [3.8, 4) is 0 Å². The fraction of sp³-hybridized carbons (Fsp3) is 1.00. The highest BCUT2D eigenvalue weighted by molar-refractivity contribution is 4.83. The number of rotatable bonds is 5. The Morgan fingerprint density at radius 1 is 0.923 bits per heavy atom. The maximum atomic E-state index is 9.18. The number of hydrogen-bond acceptors (Lipinski definition) is 6. The summed E-state index contributed by atoms with van der Waals surface area (Å²) in [7, 11) is 0. The normalized spacial score (nSPS) is 23.3. The fourth-order valence-electron chi connectivity index (χ4n) is 0.854. The molecule has 5 atom stereocenters. The molecule has 0 bridgehead atoms. The summed E-state index contributed by atoms with van der Waals surface area (Å²) in [6.45, 7) is 1.03. The van der Waals surface area contributed by atoms with Gasteiger partial charge >= 0.3 is 0 Å². The molecule has 0 aliphatic heterocycles. The predicted octanol–water partition coefficient (Wildman–Crippen LogP) is -3.23. The van der Waals surface area contributed by atoms with Gasteiger partial charge < -0.3 is 31.3 Å². The first kappa shape index (κ1) is 12.8. The molecule has 7 N–H and O–H groups in total. The third kappa shape index (κ3) is 3.55. The molecule has 0 saturated heterocycles. The van der Waals surface area contributed by atoms with Gasteiger partial charge in [0.2, 0.25) is 0 Å². The summed E-state index contributed by atoms with van der Waals surface area (Å²) in [5, 5.41) is 45.3. The van der Waals surface area contributed by atoms with Crippen molar-refractivity contribution in [1.82, 2.24) is 0 Å². The summed E-state index contributed by atoms with van der Waals surface area (Å²) in [4.78, 5) is 0. The van der Waals surface area contributed by atoms with Gasteiger partial charge in [-0.15, -0.1) is 0 Å². The van der Waals surface area contributed by atoms with Gasteiger partial charge in [-0.2, -0.15) is 0 Å². The van der Waals surface area contributed by atoms with E-state index in [0.717, 1.165) is 0 Å². The van der Waals surface area contributed by atoms with Crippen molar-refractivity contribution < 1.29 is 25.5 Å². The highest BCUT2D eigenvalue weighted by Crippen LogP contribution is 2.07. The van der Waals surface area contributed by atoms with Crippen LogP contribution in [0, 0.1) is 0 Å². The van der Waals surface area contributed by atoms with Gasteiger partial charge in [0.05, 0.1) is 12.2 Å². The fourth-order valence-corrected chi connectivity index (χ4v) is 0.854. The molecule has 0 fully saturated rings. The predicted molar refractivity (Wildman–Crippen MR) is 44.8 cm³/mol.